The van der Waals surface area contributed by atoms with Crippen LogP contribution in [0.25, 0.3) is 107 Å². The van der Waals surface area contributed by atoms with Crippen molar-refractivity contribution < 1.29 is 0 Å². The second-order valence-electron chi connectivity index (χ2n) is 15.2. The van der Waals surface area contributed by atoms with Gasteiger partial charge >= 0.3 is 0 Å². The van der Waals surface area contributed by atoms with Crippen molar-refractivity contribution in [3.63, 3.8) is 0 Å². The lowest BCUT2D eigenvalue weighted by atomic mass is 10.0. The number of nitriles is 1. The van der Waals surface area contributed by atoms with Crippen LogP contribution in [0, 0.1) is 11.3 Å². The van der Waals surface area contributed by atoms with Crippen molar-refractivity contribution in [3.8, 4) is 90.9 Å². The third kappa shape index (κ3) is 7.08. The number of hydrogen-bond donors (Lipinski definition) is 0. The number of rotatable bonds is 8. The Morgan fingerprint density at radius 1 is 0.333 bits per heavy atom. The monoisotopic (exact) mass is 805 g/mol. The fourth-order valence-corrected chi connectivity index (χ4v) is 8.22. The number of nitrogens with zero attached hydrogens (tertiary/aromatic N) is 7. The van der Waals surface area contributed by atoms with Gasteiger partial charge in [0.05, 0.1) is 39.7 Å². The molecule has 0 unspecified atom stereocenters. The molecular weight excluding hydrogens is 771 g/mol. The van der Waals surface area contributed by atoms with E-state index in [-0.39, 0.29) is 0 Å². The molecule has 0 aliphatic rings. The Morgan fingerprint density at radius 3 is 1.40 bits per heavy atom. The summed E-state index contributed by atoms with van der Waals surface area (Å²) >= 11 is 0. The highest BCUT2D eigenvalue weighted by Crippen LogP contribution is 2.40. The minimum Gasteiger partial charge on any atom is -0.308 e. The summed E-state index contributed by atoms with van der Waals surface area (Å²) in [7, 11) is 0. The van der Waals surface area contributed by atoms with E-state index >= 15 is 0 Å². The van der Waals surface area contributed by atoms with Crippen LogP contribution in [0.2, 0.25) is 0 Å². The summed E-state index contributed by atoms with van der Waals surface area (Å²) < 4.78 is 2.31. The van der Waals surface area contributed by atoms with Gasteiger partial charge in [-0.3, -0.25) is 0 Å². The zero-order valence-electron chi connectivity index (χ0n) is 33.8. The molecule has 7 nitrogen and oxygen atoms in total. The van der Waals surface area contributed by atoms with E-state index in [9.17, 15) is 5.26 Å². The summed E-state index contributed by atoms with van der Waals surface area (Å²) in [4.78, 5) is 26.0. The normalized spacial score (nSPS) is 11.2. The first-order valence-corrected chi connectivity index (χ1v) is 20.7. The molecule has 0 radical (unpaired) electrons. The molecule has 0 spiro atoms. The van der Waals surface area contributed by atoms with Crippen molar-refractivity contribution in [2.45, 2.75) is 0 Å². The van der Waals surface area contributed by atoms with Crippen LogP contribution < -0.4 is 0 Å². The number of para-hydroxylation sites is 1. The SMILES string of the molecule is N#Cc1ccc(-c2ccc3c4ccccc4n(-c4ccc(-c5nc(-c6ccccc6)cc(-c6ccccc6)n5)cc4-c4nc(-c5ccccc5)nc(-c5ccccc5)n4)c3c2)cc1. The molecule has 11 aromatic rings. The Hall–Kier alpha value is -8.86. The molecule has 0 fully saturated rings. The molecular formula is C56H35N7. The van der Waals surface area contributed by atoms with Crippen molar-refractivity contribution in [2.75, 3.05) is 0 Å². The van der Waals surface area contributed by atoms with Gasteiger partial charge in [-0.05, 0) is 59.7 Å². The molecule has 7 heteroatoms. The van der Waals surface area contributed by atoms with E-state index in [1.54, 1.807) is 0 Å². The van der Waals surface area contributed by atoms with Crippen LogP contribution in [-0.4, -0.2) is 29.5 Å². The van der Waals surface area contributed by atoms with Gasteiger partial charge in [0.2, 0.25) is 0 Å². The van der Waals surface area contributed by atoms with Gasteiger partial charge in [0.25, 0.3) is 0 Å². The first kappa shape index (κ1) is 37.2. The van der Waals surface area contributed by atoms with Crippen molar-refractivity contribution in [1.29, 1.82) is 5.26 Å². The lowest BCUT2D eigenvalue weighted by Crippen LogP contribution is -2.04. The summed E-state index contributed by atoms with van der Waals surface area (Å²) in [5.74, 6) is 2.22. The molecule has 8 aromatic carbocycles. The van der Waals surface area contributed by atoms with E-state index in [1.807, 2.05) is 121 Å². The van der Waals surface area contributed by atoms with Gasteiger partial charge in [-0.1, -0.05) is 164 Å². The molecule has 63 heavy (non-hydrogen) atoms. The second-order valence-corrected chi connectivity index (χ2v) is 15.2. The Kier molecular flexibility index (Phi) is 9.41. The summed E-state index contributed by atoms with van der Waals surface area (Å²) in [6.45, 7) is 0. The van der Waals surface area contributed by atoms with Gasteiger partial charge in [-0.2, -0.15) is 5.26 Å². The van der Waals surface area contributed by atoms with Crippen molar-refractivity contribution in [1.82, 2.24) is 29.5 Å². The molecule has 0 saturated carbocycles. The smallest absolute Gasteiger partial charge is 0.166 e. The number of aromatic nitrogens is 6. The zero-order chi connectivity index (χ0) is 42.1. The summed E-state index contributed by atoms with van der Waals surface area (Å²) in [5.41, 5.74) is 12.6. The van der Waals surface area contributed by atoms with Crippen LogP contribution >= 0.6 is 0 Å². The quantitative estimate of drug-likeness (QED) is 0.152. The molecule has 3 heterocycles. The topological polar surface area (TPSA) is 93.2 Å². The molecule has 294 valence electrons. The molecule has 0 amide bonds. The number of hydrogen-bond acceptors (Lipinski definition) is 6. The highest BCUT2D eigenvalue weighted by atomic mass is 15.1. The lowest BCUT2D eigenvalue weighted by molar-refractivity contribution is 1.06. The van der Waals surface area contributed by atoms with E-state index in [1.165, 1.54) is 0 Å². The van der Waals surface area contributed by atoms with Crippen LogP contribution in [0.3, 0.4) is 0 Å². The predicted octanol–water partition coefficient (Wildman–Crippen LogP) is 13.3. The highest BCUT2D eigenvalue weighted by molar-refractivity contribution is 6.10. The van der Waals surface area contributed by atoms with E-state index in [2.05, 4.69) is 102 Å². The molecule has 0 bridgehead atoms. The highest BCUT2D eigenvalue weighted by Gasteiger charge is 2.22. The van der Waals surface area contributed by atoms with Crippen molar-refractivity contribution in [3.05, 3.63) is 218 Å². The van der Waals surface area contributed by atoms with E-state index in [0.717, 1.165) is 83.4 Å². The van der Waals surface area contributed by atoms with Crippen LogP contribution in [0.4, 0.5) is 0 Å². The van der Waals surface area contributed by atoms with E-state index in [0.29, 0.717) is 28.9 Å². The van der Waals surface area contributed by atoms with Crippen LogP contribution in [0.1, 0.15) is 5.56 Å². The Morgan fingerprint density at radius 2 is 0.810 bits per heavy atom. The third-order valence-electron chi connectivity index (χ3n) is 11.3. The standard InChI is InChI=1S/C56H35N7/c57-36-37-25-27-38(28-26-37)43-29-31-46-45-23-13-14-24-50(45)63(52(46)34-43)51-32-30-44(55-58-48(39-15-5-1-6-16-39)35-49(59-55)40-17-7-2-8-18-40)33-47(51)56-61-53(41-19-9-3-10-20-41)60-54(62-56)42-21-11-4-12-22-42/h1-35H. The van der Waals surface area contributed by atoms with Gasteiger partial charge < -0.3 is 4.57 Å². The molecule has 11 rings (SSSR count). The van der Waals surface area contributed by atoms with Crippen LogP contribution in [0.5, 0.6) is 0 Å². The maximum Gasteiger partial charge on any atom is 0.166 e. The van der Waals surface area contributed by atoms with Gasteiger partial charge in [0.15, 0.2) is 23.3 Å². The lowest BCUT2D eigenvalue weighted by Gasteiger charge is -2.17. The van der Waals surface area contributed by atoms with Gasteiger partial charge in [0.1, 0.15) is 0 Å². The van der Waals surface area contributed by atoms with Crippen LogP contribution in [-0.2, 0) is 0 Å². The number of fused-ring (bicyclic) bond motifs is 3. The molecule has 0 atom stereocenters. The molecule has 3 aromatic heterocycles. The Balaban J connectivity index is 1.20. The third-order valence-corrected chi connectivity index (χ3v) is 11.3. The minimum atomic E-state index is 0.510. The van der Waals surface area contributed by atoms with E-state index < -0.39 is 0 Å². The zero-order valence-corrected chi connectivity index (χ0v) is 33.8. The molecule has 0 aliphatic heterocycles. The fourth-order valence-electron chi connectivity index (χ4n) is 8.22. The Labute approximate surface area is 364 Å². The second kappa shape index (κ2) is 16.0. The largest absolute Gasteiger partial charge is 0.308 e. The predicted molar refractivity (Wildman–Crippen MR) is 253 cm³/mol. The van der Waals surface area contributed by atoms with Gasteiger partial charge in [0, 0.05) is 44.2 Å². The summed E-state index contributed by atoms with van der Waals surface area (Å²) in [5, 5.41) is 11.7. The summed E-state index contributed by atoms with van der Waals surface area (Å²) in [6.07, 6.45) is 0. The first-order valence-electron chi connectivity index (χ1n) is 20.7. The fraction of sp³-hybridized carbons (Fsp3) is 0. The van der Waals surface area contributed by atoms with Gasteiger partial charge in [-0.25, -0.2) is 24.9 Å². The average Bonchev–Trinajstić information content (AvgIpc) is 3.70. The maximum atomic E-state index is 9.52. The Bertz CT molecular complexity index is 3370. The first-order chi connectivity index (χ1) is 31.2. The van der Waals surface area contributed by atoms with E-state index in [4.69, 9.17) is 24.9 Å². The number of benzene rings is 8. The van der Waals surface area contributed by atoms with Crippen molar-refractivity contribution in [2.24, 2.45) is 0 Å². The van der Waals surface area contributed by atoms with Crippen molar-refractivity contribution >= 4 is 21.8 Å². The van der Waals surface area contributed by atoms with Crippen LogP contribution in [0.15, 0.2) is 212 Å². The molecule has 0 aliphatic carbocycles. The summed E-state index contributed by atoms with van der Waals surface area (Å²) in [6, 6.07) is 73.9. The minimum absolute atomic E-state index is 0.510. The molecule has 0 N–H and O–H groups in total. The maximum absolute atomic E-state index is 9.52. The van der Waals surface area contributed by atoms with Gasteiger partial charge in [-0.15, -0.1) is 0 Å². The average molecular weight is 806 g/mol. The molecule has 0 saturated heterocycles.